The van der Waals surface area contributed by atoms with Gasteiger partial charge in [-0.05, 0) is 128 Å². The van der Waals surface area contributed by atoms with Gasteiger partial charge >= 0.3 is 0 Å². The average molecular weight is 1060 g/mol. The molecule has 1 amide bonds. The lowest BCUT2D eigenvalue weighted by molar-refractivity contribution is -0.136. The molecule has 0 aromatic heterocycles. The lowest BCUT2D eigenvalue weighted by Crippen LogP contribution is -2.38. The Labute approximate surface area is 481 Å². The molecule has 0 aliphatic carbocycles. The van der Waals surface area contributed by atoms with Gasteiger partial charge in [-0.2, -0.15) is 0 Å². The number of hydrogen-bond acceptors (Lipinski definition) is 1. The summed E-state index contributed by atoms with van der Waals surface area (Å²) in [6.07, 6.45) is 96.9. The third kappa shape index (κ3) is 60.1. The zero-order valence-corrected chi connectivity index (χ0v) is 53.0. The summed E-state index contributed by atoms with van der Waals surface area (Å²) >= 11 is 0. The Morgan fingerprint density at radius 2 is 0.408 bits per heavy atom. The van der Waals surface area contributed by atoms with Crippen molar-refractivity contribution in [3.05, 3.63) is 48.6 Å². The normalized spacial score (nSPS) is 12.2. The lowest BCUT2D eigenvalue weighted by Gasteiger charge is -2.28. The first-order valence-electron chi connectivity index (χ1n) is 35.6. The number of unbranched alkanes of at least 4 members (excludes halogenated alkanes) is 48. The zero-order chi connectivity index (χ0) is 54.8. The van der Waals surface area contributed by atoms with Gasteiger partial charge in [0.1, 0.15) is 0 Å². The Morgan fingerprint density at radius 1 is 0.237 bits per heavy atom. The molecule has 0 radical (unpaired) electrons. The van der Waals surface area contributed by atoms with E-state index in [1.165, 1.54) is 360 Å². The molecule has 0 heterocycles. The number of amides is 1. The quantitative estimate of drug-likeness (QED) is 0.0439. The number of rotatable bonds is 65. The van der Waals surface area contributed by atoms with Crippen molar-refractivity contribution >= 4 is 5.91 Å². The summed E-state index contributed by atoms with van der Waals surface area (Å²) in [5, 5.41) is 0. The largest absolute Gasteiger partial charge is 0.342 e. The van der Waals surface area contributed by atoms with Gasteiger partial charge in [0, 0.05) is 19.0 Å². The molecule has 2 heteroatoms. The van der Waals surface area contributed by atoms with Gasteiger partial charge < -0.3 is 4.90 Å². The third-order valence-corrected chi connectivity index (χ3v) is 16.7. The second kappa shape index (κ2) is 67.7. The fraction of sp³-hybridized carbons (Fsp3) is 0.878. The summed E-state index contributed by atoms with van der Waals surface area (Å²) in [6.45, 7) is 11.2. The van der Waals surface area contributed by atoms with Gasteiger partial charge in [0.15, 0.2) is 0 Å². The molecule has 76 heavy (non-hydrogen) atoms. The standard InChI is InChI=1S/C74H141NO/c1-5-9-13-17-21-25-29-33-37-41-45-49-53-57-61-65-69-73(70-66-62-58-54-50-46-42-38-34-30-26-22-18-14-10-6-2)74(76)75(71-67-63-59-55-51-47-43-39-35-31-27-23-19-15-11-7-3)72-68-64-60-56-52-48-44-40-36-32-28-24-20-16-12-8-4/h33-40,73H,5-32,41-72H2,1-4H3/b37-33-,38-34-,39-35-,40-36-. The molecule has 0 aliphatic heterocycles. The van der Waals surface area contributed by atoms with Crippen LogP contribution in [0.1, 0.15) is 400 Å². The minimum absolute atomic E-state index is 0.233. The molecule has 0 fully saturated rings. The first kappa shape index (κ1) is 74.4. The molecule has 0 rings (SSSR count). The molecule has 0 aromatic carbocycles. The molecule has 0 unspecified atom stereocenters. The van der Waals surface area contributed by atoms with Crippen molar-refractivity contribution in [2.24, 2.45) is 5.92 Å². The van der Waals surface area contributed by atoms with Crippen molar-refractivity contribution in [2.45, 2.75) is 400 Å². The van der Waals surface area contributed by atoms with Crippen molar-refractivity contribution in [1.29, 1.82) is 0 Å². The predicted molar refractivity (Wildman–Crippen MR) is 347 cm³/mol. The summed E-state index contributed by atoms with van der Waals surface area (Å²) in [7, 11) is 0. The fourth-order valence-electron chi connectivity index (χ4n) is 11.4. The summed E-state index contributed by atoms with van der Waals surface area (Å²) < 4.78 is 0. The SMILES string of the molecule is CCCCCCCC/C=C\CCCCCCCCC(CCCCCCCC/C=C\CCCCCCCC)C(=O)N(CCCCCCCC/C=C\CCCCCCCC)CCCCCCCC/C=C\CCCCCCCC. The molecule has 2 nitrogen and oxygen atoms in total. The average Bonchev–Trinajstić information content (AvgIpc) is 3.43. The summed E-state index contributed by atoms with van der Waals surface area (Å²) in [6, 6.07) is 0. The number of carbonyl (C=O) groups excluding carboxylic acids is 1. The van der Waals surface area contributed by atoms with Gasteiger partial charge in [0.05, 0.1) is 0 Å². The molecular weight excluding hydrogens is 919 g/mol. The van der Waals surface area contributed by atoms with Crippen LogP contribution >= 0.6 is 0 Å². The van der Waals surface area contributed by atoms with Crippen LogP contribution in [-0.2, 0) is 4.79 Å². The predicted octanol–water partition coefficient (Wildman–Crippen LogP) is 26.4. The summed E-state index contributed by atoms with van der Waals surface area (Å²) in [4.78, 5) is 17.1. The highest BCUT2D eigenvalue weighted by molar-refractivity contribution is 5.78. The second-order valence-corrected chi connectivity index (χ2v) is 24.4. The second-order valence-electron chi connectivity index (χ2n) is 24.4. The molecule has 0 aliphatic rings. The Balaban J connectivity index is 5.12. The molecule has 0 bridgehead atoms. The minimum Gasteiger partial charge on any atom is -0.342 e. The van der Waals surface area contributed by atoms with E-state index in [0.717, 1.165) is 25.9 Å². The van der Waals surface area contributed by atoms with Crippen molar-refractivity contribution in [3.8, 4) is 0 Å². The maximum atomic E-state index is 14.7. The van der Waals surface area contributed by atoms with Gasteiger partial charge in [0.25, 0.3) is 0 Å². The molecular formula is C74H141NO. The smallest absolute Gasteiger partial charge is 0.225 e. The molecule has 0 atom stereocenters. The van der Waals surface area contributed by atoms with Gasteiger partial charge in [-0.25, -0.2) is 0 Å². The van der Waals surface area contributed by atoms with E-state index < -0.39 is 0 Å². The van der Waals surface area contributed by atoms with Crippen LogP contribution in [0.4, 0.5) is 0 Å². The lowest BCUT2D eigenvalue weighted by atomic mass is 9.92. The molecule has 0 N–H and O–H groups in total. The molecule has 0 saturated carbocycles. The van der Waals surface area contributed by atoms with Crippen molar-refractivity contribution in [1.82, 2.24) is 4.90 Å². The maximum Gasteiger partial charge on any atom is 0.225 e. The van der Waals surface area contributed by atoms with Crippen LogP contribution in [0, 0.1) is 5.92 Å². The van der Waals surface area contributed by atoms with E-state index in [1.807, 2.05) is 0 Å². The van der Waals surface area contributed by atoms with Crippen LogP contribution in [0.2, 0.25) is 0 Å². The topological polar surface area (TPSA) is 20.3 Å². The number of hydrogen-bond donors (Lipinski definition) is 0. The van der Waals surface area contributed by atoms with Crippen molar-refractivity contribution in [2.75, 3.05) is 13.1 Å². The van der Waals surface area contributed by atoms with E-state index in [0.29, 0.717) is 5.91 Å². The van der Waals surface area contributed by atoms with Crippen molar-refractivity contribution in [3.63, 3.8) is 0 Å². The van der Waals surface area contributed by atoms with Gasteiger partial charge in [-0.3, -0.25) is 4.79 Å². The van der Waals surface area contributed by atoms with Crippen molar-refractivity contribution < 1.29 is 4.79 Å². The minimum atomic E-state index is 0.233. The van der Waals surface area contributed by atoms with E-state index in [2.05, 4.69) is 81.2 Å². The summed E-state index contributed by atoms with van der Waals surface area (Å²) in [5.74, 6) is 0.762. The molecule has 0 aromatic rings. The number of nitrogens with zero attached hydrogens (tertiary/aromatic N) is 1. The first-order valence-corrected chi connectivity index (χ1v) is 35.6. The Kier molecular flexibility index (Phi) is 66.3. The maximum absolute atomic E-state index is 14.7. The van der Waals surface area contributed by atoms with E-state index >= 15 is 0 Å². The Hall–Kier alpha value is -1.57. The zero-order valence-electron chi connectivity index (χ0n) is 53.0. The Morgan fingerprint density at radius 3 is 0.618 bits per heavy atom. The highest BCUT2D eigenvalue weighted by atomic mass is 16.2. The molecule has 0 saturated heterocycles. The van der Waals surface area contributed by atoms with Crippen LogP contribution in [-0.4, -0.2) is 23.9 Å². The monoisotopic (exact) mass is 1060 g/mol. The molecule has 0 spiro atoms. The highest BCUT2D eigenvalue weighted by Gasteiger charge is 2.23. The first-order chi connectivity index (χ1) is 37.7. The van der Waals surface area contributed by atoms with E-state index in [-0.39, 0.29) is 5.92 Å². The van der Waals surface area contributed by atoms with Gasteiger partial charge in [-0.15, -0.1) is 0 Å². The van der Waals surface area contributed by atoms with Gasteiger partial charge in [0.2, 0.25) is 5.91 Å². The fourth-order valence-corrected chi connectivity index (χ4v) is 11.4. The van der Waals surface area contributed by atoms with E-state index in [9.17, 15) is 4.79 Å². The Bertz CT molecular complexity index is 1020. The van der Waals surface area contributed by atoms with E-state index in [1.54, 1.807) is 0 Å². The summed E-state index contributed by atoms with van der Waals surface area (Å²) in [5.41, 5.74) is 0. The number of carbonyl (C=O) groups is 1. The third-order valence-electron chi connectivity index (χ3n) is 16.7. The van der Waals surface area contributed by atoms with Gasteiger partial charge in [-0.1, -0.05) is 320 Å². The van der Waals surface area contributed by atoms with Crippen LogP contribution in [0.3, 0.4) is 0 Å². The van der Waals surface area contributed by atoms with Crippen LogP contribution < -0.4 is 0 Å². The van der Waals surface area contributed by atoms with Crippen LogP contribution in [0.5, 0.6) is 0 Å². The highest BCUT2D eigenvalue weighted by Crippen LogP contribution is 2.24. The number of allylic oxidation sites excluding steroid dienone is 8. The van der Waals surface area contributed by atoms with Crippen LogP contribution in [0.25, 0.3) is 0 Å². The molecule has 448 valence electrons. The van der Waals surface area contributed by atoms with E-state index in [4.69, 9.17) is 0 Å². The van der Waals surface area contributed by atoms with Crippen LogP contribution in [0.15, 0.2) is 48.6 Å².